The Morgan fingerprint density at radius 2 is 2.16 bits per heavy atom. The number of hydrogen-bond acceptors (Lipinski definition) is 6. The molecule has 0 saturated heterocycles. The zero-order chi connectivity index (χ0) is 23.1. The summed E-state index contributed by atoms with van der Waals surface area (Å²) in [5, 5.41) is 8.92. The van der Waals surface area contributed by atoms with Crippen molar-refractivity contribution in [3.8, 4) is 5.75 Å². The zero-order valence-corrected chi connectivity index (χ0v) is 19.7. The highest BCUT2D eigenvalue weighted by Gasteiger charge is 2.21. The number of nitrogens with zero attached hydrogens (tertiary/aromatic N) is 2. The second-order valence-corrected chi connectivity index (χ2v) is 9.23. The van der Waals surface area contributed by atoms with Crippen molar-refractivity contribution in [3.05, 3.63) is 44.9 Å². The predicted molar refractivity (Wildman–Crippen MR) is 123 cm³/mol. The SMILES string of the molecule is Cc1nc(CC(=O)N2CCCCNC(=O)c3cc(Cl)ccc3OC[C@H](C)NC(=O)C2)cs1. The molecule has 1 aliphatic rings. The lowest BCUT2D eigenvalue weighted by Crippen LogP contribution is -2.45. The number of fused-ring (bicyclic) bond motifs is 1. The smallest absolute Gasteiger partial charge is 0.255 e. The lowest BCUT2D eigenvalue weighted by molar-refractivity contribution is -0.135. The summed E-state index contributed by atoms with van der Waals surface area (Å²) >= 11 is 7.55. The van der Waals surface area contributed by atoms with Gasteiger partial charge in [0.2, 0.25) is 11.8 Å². The van der Waals surface area contributed by atoms with Gasteiger partial charge in [0, 0.05) is 23.5 Å². The fourth-order valence-corrected chi connectivity index (χ4v) is 4.11. The highest BCUT2D eigenvalue weighted by atomic mass is 35.5. The van der Waals surface area contributed by atoms with Crippen LogP contribution in [-0.4, -0.2) is 59.9 Å². The van der Waals surface area contributed by atoms with E-state index in [1.807, 2.05) is 12.3 Å². The third-order valence-corrected chi connectivity index (χ3v) is 5.97. The predicted octanol–water partition coefficient (Wildman–Crippen LogP) is 2.58. The van der Waals surface area contributed by atoms with Crippen molar-refractivity contribution in [3.63, 3.8) is 0 Å². The number of rotatable bonds is 2. The topological polar surface area (TPSA) is 101 Å². The number of aryl methyl sites for hydroxylation is 1. The van der Waals surface area contributed by atoms with Gasteiger partial charge in [-0.15, -0.1) is 11.3 Å². The van der Waals surface area contributed by atoms with Crippen LogP contribution < -0.4 is 15.4 Å². The number of carbonyl (C=O) groups is 3. The van der Waals surface area contributed by atoms with Gasteiger partial charge in [-0.05, 0) is 44.9 Å². The van der Waals surface area contributed by atoms with Crippen LogP contribution in [0.1, 0.15) is 40.8 Å². The Hall–Kier alpha value is -2.65. The molecule has 0 spiro atoms. The quantitative estimate of drug-likeness (QED) is 0.691. The minimum atomic E-state index is -0.322. The first-order valence-electron chi connectivity index (χ1n) is 10.5. The number of amides is 3. The van der Waals surface area contributed by atoms with Gasteiger partial charge >= 0.3 is 0 Å². The molecule has 2 N–H and O–H groups in total. The van der Waals surface area contributed by atoms with E-state index in [1.54, 1.807) is 30.0 Å². The molecule has 1 aromatic carbocycles. The Balaban J connectivity index is 1.70. The number of nitrogens with one attached hydrogen (secondary N) is 2. The molecule has 3 amide bonds. The lowest BCUT2D eigenvalue weighted by Gasteiger charge is -2.23. The molecule has 0 bridgehead atoms. The van der Waals surface area contributed by atoms with Crippen molar-refractivity contribution in [2.75, 3.05) is 26.2 Å². The Morgan fingerprint density at radius 3 is 2.91 bits per heavy atom. The molecular weight excluding hydrogens is 452 g/mol. The molecule has 1 atom stereocenters. The van der Waals surface area contributed by atoms with Gasteiger partial charge in [0.05, 0.1) is 35.3 Å². The van der Waals surface area contributed by atoms with Crippen LogP contribution in [0, 0.1) is 6.92 Å². The van der Waals surface area contributed by atoms with Crippen molar-refractivity contribution >= 4 is 40.7 Å². The normalized spacial score (nSPS) is 18.5. The first kappa shape index (κ1) is 24.0. The molecular formula is C22H27ClN4O4S. The molecule has 1 aliphatic heterocycles. The third kappa shape index (κ3) is 6.93. The zero-order valence-electron chi connectivity index (χ0n) is 18.2. The lowest BCUT2D eigenvalue weighted by atomic mass is 10.1. The van der Waals surface area contributed by atoms with Crippen molar-refractivity contribution < 1.29 is 19.1 Å². The van der Waals surface area contributed by atoms with E-state index in [-0.39, 0.29) is 43.3 Å². The molecule has 32 heavy (non-hydrogen) atoms. The van der Waals surface area contributed by atoms with Gasteiger partial charge in [0.1, 0.15) is 12.4 Å². The third-order valence-electron chi connectivity index (χ3n) is 4.91. The molecule has 1 aromatic heterocycles. The first-order valence-corrected chi connectivity index (χ1v) is 11.8. The Kier molecular flexibility index (Phi) is 8.46. The second kappa shape index (κ2) is 11.3. The van der Waals surface area contributed by atoms with Gasteiger partial charge in [-0.3, -0.25) is 14.4 Å². The van der Waals surface area contributed by atoms with Gasteiger partial charge in [-0.1, -0.05) is 11.6 Å². The van der Waals surface area contributed by atoms with E-state index in [0.29, 0.717) is 48.0 Å². The van der Waals surface area contributed by atoms with Crippen LogP contribution in [0.25, 0.3) is 0 Å². The molecule has 3 rings (SSSR count). The minimum Gasteiger partial charge on any atom is -0.491 e. The van der Waals surface area contributed by atoms with Crippen molar-refractivity contribution in [2.24, 2.45) is 0 Å². The summed E-state index contributed by atoms with van der Waals surface area (Å²) in [6, 6.07) is 4.54. The first-order chi connectivity index (χ1) is 15.3. The van der Waals surface area contributed by atoms with Crippen LogP contribution in [-0.2, 0) is 16.0 Å². The molecule has 172 valence electrons. The van der Waals surface area contributed by atoms with E-state index in [4.69, 9.17) is 16.3 Å². The maximum absolute atomic E-state index is 12.8. The molecule has 0 radical (unpaired) electrons. The van der Waals surface area contributed by atoms with Gasteiger partial charge < -0.3 is 20.3 Å². The summed E-state index contributed by atoms with van der Waals surface area (Å²) in [5.74, 6) is -0.284. The minimum absolute atomic E-state index is 0.0369. The second-order valence-electron chi connectivity index (χ2n) is 7.73. The highest BCUT2D eigenvalue weighted by molar-refractivity contribution is 7.09. The molecule has 0 aliphatic carbocycles. The number of hydrogen-bond donors (Lipinski definition) is 2. The van der Waals surface area contributed by atoms with Crippen molar-refractivity contribution in [1.82, 2.24) is 20.5 Å². The van der Waals surface area contributed by atoms with E-state index in [2.05, 4.69) is 15.6 Å². The average Bonchev–Trinajstić information content (AvgIpc) is 3.15. The number of thiazole rings is 1. The van der Waals surface area contributed by atoms with Gasteiger partial charge in [0.25, 0.3) is 5.91 Å². The fraction of sp³-hybridized carbons (Fsp3) is 0.455. The molecule has 10 heteroatoms. The van der Waals surface area contributed by atoms with E-state index in [9.17, 15) is 14.4 Å². The highest BCUT2D eigenvalue weighted by Crippen LogP contribution is 2.23. The standard InChI is InChI=1S/C22H27ClN4O4S/c1-14-12-31-19-6-5-16(23)9-18(19)22(30)24-7-3-4-8-27(11-20(28)25-14)21(29)10-17-13-32-15(2)26-17/h5-6,9,13-14H,3-4,7-8,10-12H2,1-2H3,(H,24,30)(H,25,28)/t14-/m0/s1. The molecule has 0 saturated carbocycles. The summed E-state index contributed by atoms with van der Waals surface area (Å²) in [6.07, 6.45) is 1.45. The maximum Gasteiger partial charge on any atom is 0.255 e. The van der Waals surface area contributed by atoms with Crippen LogP contribution >= 0.6 is 22.9 Å². The Bertz CT molecular complexity index is 981. The average molecular weight is 479 g/mol. The van der Waals surface area contributed by atoms with Crippen molar-refractivity contribution in [2.45, 2.75) is 39.2 Å². The summed E-state index contributed by atoms with van der Waals surface area (Å²) in [5.41, 5.74) is 1.06. The molecule has 8 nitrogen and oxygen atoms in total. The number of ether oxygens (including phenoxy) is 1. The Morgan fingerprint density at radius 1 is 1.34 bits per heavy atom. The van der Waals surface area contributed by atoms with Crippen LogP contribution in [0.5, 0.6) is 5.75 Å². The van der Waals surface area contributed by atoms with Crippen LogP contribution in [0.4, 0.5) is 0 Å². The molecule has 2 heterocycles. The molecule has 2 aromatic rings. The summed E-state index contributed by atoms with van der Waals surface area (Å²) in [6.45, 7) is 4.67. The van der Waals surface area contributed by atoms with Crippen LogP contribution in [0.15, 0.2) is 23.6 Å². The number of aromatic nitrogens is 1. The maximum atomic E-state index is 12.8. The monoisotopic (exact) mass is 478 g/mol. The number of carbonyl (C=O) groups excluding carboxylic acids is 3. The van der Waals surface area contributed by atoms with E-state index >= 15 is 0 Å². The fourth-order valence-electron chi connectivity index (χ4n) is 3.33. The van der Waals surface area contributed by atoms with Crippen LogP contribution in [0.3, 0.4) is 0 Å². The van der Waals surface area contributed by atoms with Crippen LogP contribution in [0.2, 0.25) is 5.02 Å². The van der Waals surface area contributed by atoms with Gasteiger partial charge in [-0.2, -0.15) is 0 Å². The van der Waals surface area contributed by atoms with E-state index in [0.717, 1.165) is 5.01 Å². The molecule has 0 unspecified atom stereocenters. The number of benzene rings is 1. The number of halogens is 1. The summed E-state index contributed by atoms with van der Waals surface area (Å²) < 4.78 is 5.78. The van der Waals surface area contributed by atoms with Crippen molar-refractivity contribution in [1.29, 1.82) is 0 Å². The van der Waals surface area contributed by atoms with E-state index in [1.165, 1.54) is 11.3 Å². The van der Waals surface area contributed by atoms with Gasteiger partial charge in [-0.25, -0.2) is 4.98 Å². The van der Waals surface area contributed by atoms with Gasteiger partial charge in [0.15, 0.2) is 0 Å². The summed E-state index contributed by atoms with van der Waals surface area (Å²) in [7, 11) is 0. The largest absolute Gasteiger partial charge is 0.491 e. The van der Waals surface area contributed by atoms with E-state index < -0.39 is 0 Å². The Labute approximate surface area is 196 Å². The molecule has 0 fully saturated rings. The summed E-state index contributed by atoms with van der Waals surface area (Å²) in [4.78, 5) is 43.9.